The lowest BCUT2D eigenvalue weighted by molar-refractivity contribution is -0.182. The van der Waals surface area contributed by atoms with Crippen LogP contribution in [0.25, 0.3) is 0 Å². The Bertz CT molecular complexity index is 575. The van der Waals surface area contributed by atoms with Gasteiger partial charge < -0.3 is 0 Å². The van der Waals surface area contributed by atoms with Crippen LogP contribution in [0.3, 0.4) is 0 Å². The van der Waals surface area contributed by atoms with Crippen LogP contribution in [-0.2, 0) is 10.0 Å². The van der Waals surface area contributed by atoms with Gasteiger partial charge in [0.25, 0.3) is 0 Å². The average Bonchev–Trinajstić information content (AvgIpc) is 2.68. The van der Waals surface area contributed by atoms with E-state index >= 15 is 0 Å². The first-order chi connectivity index (χ1) is 9.14. The van der Waals surface area contributed by atoms with E-state index < -0.39 is 28.7 Å². The highest BCUT2D eigenvalue weighted by Crippen LogP contribution is 2.35. The van der Waals surface area contributed by atoms with Crippen LogP contribution in [0.4, 0.5) is 13.2 Å². The summed E-state index contributed by atoms with van der Waals surface area (Å²) >= 11 is 0. The molecule has 1 aromatic heterocycles. The zero-order valence-electron chi connectivity index (χ0n) is 11.2. The summed E-state index contributed by atoms with van der Waals surface area (Å²) in [5.74, 6) is -1.60. The Morgan fingerprint density at radius 2 is 2.00 bits per heavy atom. The number of aryl methyl sites for hydroxylation is 2. The molecule has 0 radical (unpaired) electrons. The molecule has 2 heterocycles. The van der Waals surface area contributed by atoms with E-state index in [1.807, 2.05) is 0 Å². The van der Waals surface area contributed by atoms with Crippen LogP contribution in [-0.4, -0.2) is 42.2 Å². The van der Waals surface area contributed by atoms with Crippen molar-refractivity contribution in [3.8, 4) is 0 Å². The lowest BCUT2D eigenvalue weighted by Crippen LogP contribution is -2.44. The van der Waals surface area contributed by atoms with E-state index in [9.17, 15) is 21.6 Å². The standard InChI is InChI=1S/C11H16F3N3O2S/c1-7-10(8(2)16-15-7)20(18,19)17-5-3-4-9(6-17)11(12,13)14/h9H,3-6H2,1-2H3,(H,15,16). The zero-order chi connectivity index (χ0) is 15.1. The fourth-order valence-corrected chi connectivity index (χ4v) is 4.33. The molecule has 9 heteroatoms. The van der Waals surface area contributed by atoms with Gasteiger partial charge in [-0.15, -0.1) is 0 Å². The molecule has 1 aliphatic heterocycles. The van der Waals surface area contributed by atoms with E-state index in [0.717, 1.165) is 4.31 Å². The molecule has 0 amide bonds. The quantitative estimate of drug-likeness (QED) is 0.908. The summed E-state index contributed by atoms with van der Waals surface area (Å²) in [6.07, 6.45) is -4.19. The van der Waals surface area contributed by atoms with Crippen molar-refractivity contribution in [1.82, 2.24) is 14.5 Å². The highest BCUT2D eigenvalue weighted by Gasteiger charge is 2.44. The minimum atomic E-state index is -4.37. The van der Waals surface area contributed by atoms with Gasteiger partial charge in [-0.25, -0.2) is 8.42 Å². The SMILES string of the molecule is Cc1n[nH]c(C)c1S(=O)(=O)N1CCCC(C(F)(F)F)C1. The van der Waals surface area contributed by atoms with E-state index in [-0.39, 0.29) is 30.0 Å². The number of alkyl halides is 3. The predicted octanol–water partition coefficient (Wildman–Crippen LogP) is 1.99. The Hall–Kier alpha value is -1.09. The Kier molecular flexibility index (Phi) is 3.85. The van der Waals surface area contributed by atoms with Gasteiger partial charge in [-0.2, -0.15) is 22.6 Å². The van der Waals surface area contributed by atoms with E-state index in [1.54, 1.807) is 0 Å². The van der Waals surface area contributed by atoms with Crippen LogP contribution in [0.15, 0.2) is 4.90 Å². The summed E-state index contributed by atoms with van der Waals surface area (Å²) in [6, 6.07) is 0. The Morgan fingerprint density at radius 1 is 1.35 bits per heavy atom. The molecule has 0 bridgehead atoms. The molecule has 1 atom stereocenters. The molecule has 1 N–H and O–H groups in total. The largest absolute Gasteiger partial charge is 0.393 e. The van der Waals surface area contributed by atoms with Crippen LogP contribution in [0.2, 0.25) is 0 Å². The monoisotopic (exact) mass is 311 g/mol. The first-order valence-corrected chi connectivity index (χ1v) is 7.66. The molecule has 0 aromatic carbocycles. The van der Waals surface area contributed by atoms with Gasteiger partial charge in [-0.3, -0.25) is 5.10 Å². The number of nitrogens with one attached hydrogen (secondary N) is 1. The molecule has 20 heavy (non-hydrogen) atoms. The number of rotatable bonds is 2. The van der Waals surface area contributed by atoms with Gasteiger partial charge in [0.1, 0.15) is 4.90 Å². The normalized spacial score (nSPS) is 22.1. The third-order valence-electron chi connectivity index (χ3n) is 3.51. The molecule has 114 valence electrons. The molecule has 1 saturated heterocycles. The van der Waals surface area contributed by atoms with Crippen molar-refractivity contribution in [3.05, 3.63) is 11.4 Å². The molecule has 1 fully saturated rings. The van der Waals surface area contributed by atoms with Crippen LogP contribution < -0.4 is 0 Å². The fourth-order valence-electron chi connectivity index (χ4n) is 2.48. The second-order valence-corrected chi connectivity index (χ2v) is 6.88. The topological polar surface area (TPSA) is 66.1 Å². The van der Waals surface area contributed by atoms with E-state index in [2.05, 4.69) is 10.2 Å². The van der Waals surface area contributed by atoms with Crippen LogP contribution in [0.1, 0.15) is 24.2 Å². The maximum Gasteiger partial charge on any atom is 0.393 e. The average molecular weight is 311 g/mol. The number of H-pyrrole nitrogens is 1. The number of halogens is 3. The van der Waals surface area contributed by atoms with Crippen LogP contribution >= 0.6 is 0 Å². The molecular weight excluding hydrogens is 295 g/mol. The van der Waals surface area contributed by atoms with Crippen LogP contribution in [0.5, 0.6) is 0 Å². The van der Waals surface area contributed by atoms with E-state index in [0.29, 0.717) is 5.69 Å². The summed E-state index contributed by atoms with van der Waals surface area (Å²) in [5.41, 5.74) is 0.619. The summed E-state index contributed by atoms with van der Waals surface area (Å²) < 4.78 is 64.1. The number of hydrogen-bond acceptors (Lipinski definition) is 3. The number of aromatic nitrogens is 2. The van der Waals surface area contributed by atoms with Crippen molar-refractivity contribution < 1.29 is 21.6 Å². The lowest BCUT2D eigenvalue weighted by Gasteiger charge is -2.32. The predicted molar refractivity (Wildman–Crippen MR) is 65.6 cm³/mol. The number of piperidine rings is 1. The molecule has 0 aliphatic carbocycles. The van der Waals surface area contributed by atoms with Crippen molar-refractivity contribution in [3.63, 3.8) is 0 Å². The number of aromatic amines is 1. The molecule has 0 saturated carbocycles. The molecule has 0 spiro atoms. The second-order valence-electron chi connectivity index (χ2n) is 5.01. The maximum absolute atomic E-state index is 12.8. The number of sulfonamides is 1. The molecule has 1 aromatic rings. The van der Waals surface area contributed by atoms with Gasteiger partial charge in [0.15, 0.2) is 0 Å². The van der Waals surface area contributed by atoms with Crippen molar-refractivity contribution in [1.29, 1.82) is 0 Å². The van der Waals surface area contributed by atoms with Gasteiger partial charge in [-0.1, -0.05) is 0 Å². The van der Waals surface area contributed by atoms with Crippen LogP contribution in [0, 0.1) is 19.8 Å². The summed E-state index contributed by atoms with van der Waals surface area (Å²) in [6.45, 7) is 2.65. The smallest absolute Gasteiger partial charge is 0.281 e. The first kappa shape index (κ1) is 15.3. The lowest BCUT2D eigenvalue weighted by atomic mass is 9.99. The van der Waals surface area contributed by atoms with Crippen molar-refractivity contribution in [2.75, 3.05) is 13.1 Å². The van der Waals surface area contributed by atoms with Gasteiger partial charge >= 0.3 is 6.18 Å². The molecule has 1 unspecified atom stereocenters. The maximum atomic E-state index is 12.8. The third-order valence-corrected chi connectivity index (χ3v) is 5.63. The van der Waals surface area contributed by atoms with Gasteiger partial charge in [-0.05, 0) is 26.7 Å². The Labute approximate surface area is 115 Å². The van der Waals surface area contributed by atoms with E-state index in [1.165, 1.54) is 13.8 Å². The summed E-state index contributed by atoms with van der Waals surface area (Å²) in [4.78, 5) is -0.0136. The minimum Gasteiger partial charge on any atom is -0.281 e. The van der Waals surface area contributed by atoms with E-state index in [4.69, 9.17) is 0 Å². The zero-order valence-corrected chi connectivity index (χ0v) is 12.0. The number of hydrogen-bond donors (Lipinski definition) is 1. The minimum absolute atomic E-state index is 0.0136. The summed E-state index contributed by atoms with van der Waals surface area (Å²) in [5, 5.41) is 6.34. The molecule has 2 rings (SSSR count). The van der Waals surface area contributed by atoms with Crippen molar-refractivity contribution in [2.24, 2.45) is 5.92 Å². The van der Waals surface area contributed by atoms with Gasteiger partial charge in [0, 0.05) is 13.1 Å². The third kappa shape index (κ3) is 2.69. The second kappa shape index (κ2) is 5.03. The van der Waals surface area contributed by atoms with Crippen molar-refractivity contribution in [2.45, 2.75) is 37.8 Å². The van der Waals surface area contributed by atoms with Gasteiger partial charge in [0.2, 0.25) is 10.0 Å². The highest BCUT2D eigenvalue weighted by atomic mass is 32.2. The van der Waals surface area contributed by atoms with Crippen molar-refractivity contribution >= 4 is 10.0 Å². The Morgan fingerprint density at radius 3 is 2.50 bits per heavy atom. The van der Waals surface area contributed by atoms with Gasteiger partial charge in [0.05, 0.1) is 17.3 Å². The molecule has 1 aliphatic rings. The summed E-state index contributed by atoms with van der Waals surface area (Å²) in [7, 11) is -3.93. The highest BCUT2D eigenvalue weighted by molar-refractivity contribution is 7.89. The molecular formula is C11H16F3N3O2S. The fraction of sp³-hybridized carbons (Fsp3) is 0.727. The Balaban J connectivity index is 2.31. The first-order valence-electron chi connectivity index (χ1n) is 6.22. The molecule has 5 nitrogen and oxygen atoms in total. The number of nitrogens with zero attached hydrogens (tertiary/aromatic N) is 2.